The van der Waals surface area contributed by atoms with Crippen LogP contribution in [0.5, 0.6) is 5.75 Å². The number of hydrogen-bond acceptors (Lipinski definition) is 5. The zero-order valence-electron chi connectivity index (χ0n) is 20.8. The van der Waals surface area contributed by atoms with Gasteiger partial charge in [-0.3, -0.25) is 13.9 Å². The first-order valence-electron chi connectivity index (χ1n) is 11.3. The Bertz CT molecular complexity index is 1400. The lowest BCUT2D eigenvalue weighted by Gasteiger charge is -2.32. The number of amides is 2. The van der Waals surface area contributed by atoms with E-state index in [1.165, 1.54) is 68.4 Å². The lowest BCUT2D eigenvalue weighted by Crippen LogP contribution is -2.50. The number of rotatable bonds is 10. The Morgan fingerprint density at radius 1 is 1.03 bits per heavy atom. The quantitative estimate of drug-likeness (QED) is 0.380. The van der Waals surface area contributed by atoms with Crippen molar-refractivity contribution in [3.05, 3.63) is 88.2 Å². The second-order valence-corrected chi connectivity index (χ2v) is 10.9. The number of anilines is 1. The standard InChI is InChI=1S/C26H26Cl2FN3O5S/c1-17(26(34)30-2)31(15-18-4-5-19(27)14-24(18)28)25(33)16-32(21-8-6-20(29)7-9-21)38(35,36)23-12-10-22(37-3)11-13-23/h4-14,17H,15-16H2,1-3H3,(H,30,34)/t17-/m0/s1. The van der Waals surface area contributed by atoms with E-state index in [1.807, 2.05) is 0 Å². The highest BCUT2D eigenvalue weighted by molar-refractivity contribution is 7.92. The number of ether oxygens (including phenoxy) is 1. The van der Waals surface area contributed by atoms with Gasteiger partial charge in [0.25, 0.3) is 10.0 Å². The molecule has 1 N–H and O–H groups in total. The fourth-order valence-electron chi connectivity index (χ4n) is 3.64. The van der Waals surface area contributed by atoms with E-state index in [4.69, 9.17) is 27.9 Å². The number of likely N-dealkylation sites (N-methyl/N-ethyl adjacent to an activating group) is 1. The molecule has 1 atom stereocenters. The molecule has 0 saturated carbocycles. The second-order valence-electron chi connectivity index (χ2n) is 8.21. The van der Waals surface area contributed by atoms with Crippen molar-refractivity contribution in [3.63, 3.8) is 0 Å². The van der Waals surface area contributed by atoms with Gasteiger partial charge in [0.2, 0.25) is 11.8 Å². The zero-order chi connectivity index (χ0) is 28.0. The smallest absolute Gasteiger partial charge is 0.264 e. The molecule has 2 amide bonds. The Kier molecular flexibility index (Phi) is 9.59. The maximum Gasteiger partial charge on any atom is 0.264 e. The number of methoxy groups -OCH3 is 1. The van der Waals surface area contributed by atoms with Gasteiger partial charge < -0.3 is 15.0 Å². The number of nitrogens with zero attached hydrogens (tertiary/aromatic N) is 2. The molecule has 3 rings (SSSR count). The molecule has 0 fully saturated rings. The molecular weight excluding hydrogens is 556 g/mol. The van der Waals surface area contributed by atoms with Crippen LogP contribution in [0.3, 0.4) is 0 Å². The van der Waals surface area contributed by atoms with E-state index in [2.05, 4.69) is 5.32 Å². The summed E-state index contributed by atoms with van der Waals surface area (Å²) < 4.78 is 47.0. The fraction of sp³-hybridized carbons (Fsp3) is 0.231. The Labute approximate surface area is 231 Å². The lowest BCUT2D eigenvalue weighted by atomic mass is 10.1. The second kappa shape index (κ2) is 12.5. The minimum absolute atomic E-state index is 0.0626. The molecule has 0 heterocycles. The molecule has 8 nitrogen and oxygen atoms in total. The first-order chi connectivity index (χ1) is 18.0. The van der Waals surface area contributed by atoms with Crippen LogP contribution in [0.2, 0.25) is 10.0 Å². The summed E-state index contributed by atoms with van der Waals surface area (Å²) in [5.41, 5.74) is 0.569. The Morgan fingerprint density at radius 3 is 2.21 bits per heavy atom. The summed E-state index contributed by atoms with van der Waals surface area (Å²) in [6.45, 7) is 0.747. The summed E-state index contributed by atoms with van der Waals surface area (Å²) >= 11 is 12.3. The van der Waals surface area contributed by atoms with Gasteiger partial charge in [-0.25, -0.2) is 12.8 Å². The predicted molar refractivity (Wildman–Crippen MR) is 144 cm³/mol. The Morgan fingerprint density at radius 2 is 1.66 bits per heavy atom. The third-order valence-corrected chi connectivity index (χ3v) is 8.19. The summed E-state index contributed by atoms with van der Waals surface area (Å²) in [4.78, 5) is 27.3. The molecule has 0 aliphatic carbocycles. The number of nitrogens with one attached hydrogen (secondary N) is 1. The number of hydrogen-bond donors (Lipinski definition) is 1. The van der Waals surface area contributed by atoms with Gasteiger partial charge in [-0.05, 0) is 73.2 Å². The molecule has 0 aliphatic rings. The molecular formula is C26H26Cl2FN3O5S. The van der Waals surface area contributed by atoms with E-state index in [9.17, 15) is 22.4 Å². The van der Waals surface area contributed by atoms with E-state index in [0.29, 0.717) is 16.3 Å². The van der Waals surface area contributed by atoms with Crippen LogP contribution >= 0.6 is 23.2 Å². The molecule has 0 unspecified atom stereocenters. The highest BCUT2D eigenvalue weighted by Gasteiger charge is 2.32. The first kappa shape index (κ1) is 29.2. The van der Waals surface area contributed by atoms with Crippen LogP contribution in [0.15, 0.2) is 71.6 Å². The van der Waals surface area contributed by atoms with E-state index >= 15 is 0 Å². The summed E-state index contributed by atoms with van der Waals surface area (Å²) in [5.74, 6) is -1.28. The topological polar surface area (TPSA) is 96.0 Å². The van der Waals surface area contributed by atoms with E-state index in [0.717, 1.165) is 16.4 Å². The minimum Gasteiger partial charge on any atom is -0.497 e. The highest BCUT2D eigenvalue weighted by Crippen LogP contribution is 2.27. The van der Waals surface area contributed by atoms with Crippen LogP contribution in [0.1, 0.15) is 12.5 Å². The third-order valence-electron chi connectivity index (χ3n) is 5.81. The summed E-state index contributed by atoms with van der Waals surface area (Å²) in [7, 11) is -1.42. The molecule has 0 aliphatic heterocycles. The highest BCUT2D eigenvalue weighted by atomic mass is 35.5. The van der Waals surface area contributed by atoms with Crippen molar-refractivity contribution in [2.24, 2.45) is 0 Å². The van der Waals surface area contributed by atoms with Gasteiger partial charge in [0.1, 0.15) is 24.2 Å². The van der Waals surface area contributed by atoms with Crippen LogP contribution in [-0.4, -0.2) is 51.9 Å². The van der Waals surface area contributed by atoms with Crippen molar-refractivity contribution >= 4 is 50.7 Å². The van der Waals surface area contributed by atoms with Gasteiger partial charge in [-0.15, -0.1) is 0 Å². The summed E-state index contributed by atoms with van der Waals surface area (Å²) in [6, 6.07) is 14.1. The van der Waals surface area contributed by atoms with Crippen molar-refractivity contribution in [1.82, 2.24) is 10.2 Å². The van der Waals surface area contributed by atoms with Gasteiger partial charge >= 0.3 is 0 Å². The fourth-order valence-corrected chi connectivity index (χ4v) is 5.52. The SMILES string of the molecule is CNC(=O)[C@H](C)N(Cc1ccc(Cl)cc1Cl)C(=O)CN(c1ccc(F)cc1)S(=O)(=O)c1ccc(OC)cc1. The van der Waals surface area contributed by atoms with E-state index < -0.39 is 40.2 Å². The normalized spacial score (nSPS) is 11.9. The zero-order valence-corrected chi connectivity index (χ0v) is 23.1. The van der Waals surface area contributed by atoms with Gasteiger partial charge in [-0.2, -0.15) is 0 Å². The molecule has 0 radical (unpaired) electrons. The first-order valence-corrected chi connectivity index (χ1v) is 13.5. The molecule has 0 spiro atoms. The summed E-state index contributed by atoms with van der Waals surface area (Å²) in [5, 5.41) is 3.17. The van der Waals surface area contributed by atoms with Gasteiger partial charge in [0.05, 0.1) is 17.7 Å². The molecule has 0 bridgehead atoms. The van der Waals surface area contributed by atoms with Crippen molar-refractivity contribution in [2.45, 2.75) is 24.4 Å². The number of sulfonamides is 1. The Hall–Kier alpha value is -3.34. The van der Waals surface area contributed by atoms with Crippen molar-refractivity contribution in [1.29, 1.82) is 0 Å². The van der Waals surface area contributed by atoms with Gasteiger partial charge in [-0.1, -0.05) is 29.3 Å². The molecule has 0 saturated heterocycles. The maximum atomic E-state index is 13.7. The van der Waals surface area contributed by atoms with Crippen molar-refractivity contribution in [3.8, 4) is 5.75 Å². The number of carbonyl (C=O) groups excluding carboxylic acids is 2. The predicted octanol–water partition coefficient (Wildman–Crippen LogP) is 4.50. The lowest BCUT2D eigenvalue weighted by molar-refractivity contribution is -0.139. The average molecular weight is 582 g/mol. The number of benzene rings is 3. The minimum atomic E-state index is -4.29. The van der Waals surface area contributed by atoms with Gasteiger partial charge in [0, 0.05) is 23.6 Å². The van der Waals surface area contributed by atoms with Crippen molar-refractivity contribution < 1.29 is 27.1 Å². The number of halogens is 3. The molecule has 3 aromatic rings. The van der Waals surface area contributed by atoms with Crippen LogP contribution < -0.4 is 14.4 Å². The van der Waals surface area contributed by atoms with E-state index in [1.54, 1.807) is 12.1 Å². The van der Waals surface area contributed by atoms with E-state index in [-0.39, 0.29) is 22.2 Å². The van der Waals surface area contributed by atoms with Crippen LogP contribution in [-0.2, 0) is 26.2 Å². The third kappa shape index (κ3) is 6.75. The van der Waals surface area contributed by atoms with Crippen molar-refractivity contribution in [2.75, 3.05) is 25.0 Å². The average Bonchev–Trinajstić information content (AvgIpc) is 2.90. The number of carbonyl (C=O) groups is 2. The largest absolute Gasteiger partial charge is 0.497 e. The molecule has 3 aromatic carbocycles. The Balaban J connectivity index is 2.04. The molecule has 38 heavy (non-hydrogen) atoms. The molecule has 202 valence electrons. The van der Waals surface area contributed by atoms with Crippen LogP contribution in [0, 0.1) is 5.82 Å². The van der Waals surface area contributed by atoms with Crippen LogP contribution in [0.4, 0.5) is 10.1 Å². The molecule has 12 heteroatoms. The summed E-state index contributed by atoms with van der Waals surface area (Å²) in [6.07, 6.45) is 0. The van der Waals surface area contributed by atoms with Gasteiger partial charge in [0.15, 0.2) is 0 Å². The molecule has 0 aromatic heterocycles. The monoisotopic (exact) mass is 581 g/mol. The van der Waals surface area contributed by atoms with Crippen LogP contribution in [0.25, 0.3) is 0 Å². The maximum absolute atomic E-state index is 13.7.